The number of rotatable bonds is 7. The maximum absolute atomic E-state index is 14.4. The lowest BCUT2D eigenvalue weighted by molar-refractivity contribution is -0.956. The van der Waals surface area contributed by atoms with Crippen LogP contribution in [0, 0.1) is 0 Å². The fourth-order valence-electron chi connectivity index (χ4n) is 7.23. The van der Waals surface area contributed by atoms with Crippen LogP contribution < -0.4 is 0 Å². The first kappa shape index (κ1) is 27.3. The molecular formula is C32H35ClNO5S+. The van der Waals surface area contributed by atoms with Crippen molar-refractivity contribution in [2.75, 3.05) is 13.1 Å². The zero-order chi connectivity index (χ0) is 27.6. The minimum atomic E-state index is -1.85. The molecule has 6 nitrogen and oxygen atoms in total. The first-order chi connectivity index (χ1) is 19.5. The molecule has 8 heteroatoms. The summed E-state index contributed by atoms with van der Waals surface area (Å²) in [6, 6.07) is 19.1. The van der Waals surface area contributed by atoms with E-state index in [0.717, 1.165) is 12.8 Å². The molecule has 0 aromatic heterocycles. The minimum Gasteiger partial charge on any atom is -0.458 e. The van der Waals surface area contributed by atoms with E-state index in [1.165, 1.54) is 43.3 Å². The van der Waals surface area contributed by atoms with Crippen molar-refractivity contribution in [3.63, 3.8) is 0 Å². The molecule has 2 aromatic carbocycles. The Morgan fingerprint density at radius 1 is 0.875 bits per heavy atom. The molecule has 2 bridgehead atoms. The lowest BCUT2D eigenvalue weighted by atomic mass is 9.85. The van der Waals surface area contributed by atoms with Crippen LogP contribution in [0.3, 0.4) is 0 Å². The van der Waals surface area contributed by atoms with Crippen LogP contribution in [0.4, 0.5) is 4.79 Å². The van der Waals surface area contributed by atoms with E-state index in [0.29, 0.717) is 23.2 Å². The van der Waals surface area contributed by atoms with E-state index in [9.17, 15) is 9.59 Å². The third kappa shape index (κ3) is 5.04. The summed E-state index contributed by atoms with van der Waals surface area (Å²) >= 11 is 6.46. The van der Waals surface area contributed by atoms with Crippen molar-refractivity contribution in [2.24, 2.45) is 0 Å². The summed E-state index contributed by atoms with van der Waals surface area (Å²) in [5.74, 6) is -0.609. The number of halogens is 1. The van der Waals surface area contributed by atoms with E-state index in [-0.39, 0.29) is 6.10 Å². The quantitative estimate of drug-likeness (QED) is 0.160. The van der Waals surface area contributed by atoms with Crippen molar-refractivity contribution in [3.05, 3.63) is 95.4 Å². The van der Waals surface area contributed by atoms with Gasteiger partial charge in [0.2, 0.25) is 4.90 Å². The van der Waals surface area contributed by atoms with Gasteiger partial charge in [-0.25, -0.2) is 9.59 Å². The zero-order valence-corrected chi connectivity index (χ0v) is 24.0. The number of carbonyl (C=O) groups is 2. The molecule has 4 aliphatic heterocycles. The number of nitrogens with zero attached hydrogens (tertiary/aromatic N) is 1. The summed E-state index contributed by atoms with van der Waals surface area (Å²) in [7, 11) is -0.617. The van der Waals surface area contributed by atoms with Gasteiger partial charge in [-0.15, -0.1) is 10.5 Å². The van der Waals surface area contributed by atoms with Crippen LogP contribution in [0.15, 0.2) is 84.3 Å². The van der Waals surface area contributed by atoms with Crippen LogP contribution in [0.2, 0.25) is 0 Å². The molecule has 1 spiro atoms. The highest BCUT2D eigenvalue weighted by Crippen LogP contribution is 2.47. The van der Waals surface area contributed by atoms with Gasteiger partial charge in [-0.3, -0.25) is 0 Å². The summed E-state index contributed by atoms with van der Waals surface area (Å²) < 4.78 is 19.1. The lowest BCUT2D eigenvalue weighted by Gasteiger charge is -2.47. The maximum Gasteiger partial charge on any atom is 0.512 e. The number of quaternary nitrogens is 1. The van der Waals surface area contributed by atoms with E-state index in [1.54, 1.807) is 24.3 Å². The van der Waals surface area contributed by atoms with Gasteiger partial charge < -0.3 is 18.7 Å². The second kappa shape index (κ2) is 11.6. The average molecular weight is 581 g/mol. The molecule has 4 atom stereocenters. The van der Waals surface area contributed by atoms with Gasteiger partial charge in [0.1, 0.15) is 6.10 Å². The van der Waals surface area contributed by atoms with Crippen molar-refractivity contribution in [3.8, 4) is 0 Å². The number of piperidine rings is 1. The molecule has 3 fully saturated rings. The van der Waals surface area contributed by atoms with Crippen LogP contribution in [-0.4, -0.2) is 58.1 Å². The van der Waals surface area contributed by atoms with E-state index in [2.05, 4.69) is 0 Å². The molecule has 3 saturated heterocycles. The minimum absolute atomic E-state index is 0.225. The van der Waals surface area contributed by atoms with Crippen LogP contribution in [0.5, 0.6) is 0 Å². The van der Waals surface area contributed by atoms with Crippen molar-refractivity contribution in [1.82, 2.24) is 0 Å². The number of carbonyl (C=O) groups excluding carboxylic acids is 2. The molecule has 0 aliphatic carbocycles. The third-order valence-corrected chi connectivity index (χ3v) is 11.2. The van der Waals surface area contributed by atoms with E-state index in [4.69, 9.17) is 25.8 Å². The van der Waals surface area contributed by atoms with Gasteiger partial charge in [-0.2, -0.15) is 0 Å². The molecule has 0 radical (unpaired) electrons. The average Bonchev–Trinajstić information content (AvgIpc) is 3.53. The van der Waals surface area contributed by atoms with Gasteiger partial charge in [0.05, 0.1) is 25.2 Å². The van der Waals surface area contributed by atoms with Crippen molar-refractivity contribution >= 4 is 39.6 Å². The molecule has 4 unspecified atom stereocenters. The highest BCUT2D eigenvalue weighted by Gasteiger charge is 2.57. The first-order valence-corrected chi connectivity index (χ1v) is 16.0. The fourth-order valence-corrected chi connectivity index (χ4v) is 8.73. The fraction of sp³-hybridized carbons (Fsp3) is 0.406. The zero-order valence-electron chi connectivity index (χ0n) is 22.4. The van der Waals surface area contributed by atoms with Gasteiger partial charge in [0.15, 0.2) is 0 Å². The van der Waals surface area contributed by atoms with Gasteiger partial charge in [0, 0.05) is 49.7 Å². The SMILES string of the molecule is O=C(OC(Cl)S1=CC=CC=C1)OC(C(=O)OC1CC2CCC(C1)[N+]21CCCC1)(c1ccccc1)c1ccccc1. The normalized spacial score (nSPS) is 27.1. The Kier molecular flexibility index (Phi) is 7.89. The second-order valence-corrected chi connectivity index (χ2v) is 13.5. The predicted octanol–water partition coefficient (Wildman–Crippen LogP) is 6.61. The first-order valence-electron chi connectivity index (χ1n) is 14.1. The van der Waals surface area contributed by atoms with Gasteiger partial charge >= 0.3 is 12.1 Å². The molecule has 0 saturated carbocycles. The number of hydrogen-bond acceptors (Lipinski definition) is 5. The highest BCUT2D eigenvalue weighted by molar-refractivity contribution is 8.19. The number of benzene rings is 2. The number of alkyl halides is 1. The number of esters is 1. The van der Waals surface area contributed by atoms with E-state index in [1.807, 2.05) is 65.4 Å². The molecule has 40 heavy (non-hydrogen) atoms. The lowest BCUT2D eigenvalue weighted by Crippen LogP contribution is -2.60. The number of ether oxygens (including phenoxy) is 3. The summed E-state index contributed by atoms with van der Waals surface area (Å²) in [6.45, 7) is 2.49. The highest BCUT2D eigenvalue weighted by atomic mass is 35.5. The van der Waals surface area contributed by atoms with E-state index < -0.39 is 33.1 Å². The van der Waals surface area contributed by atoms with Gasteiger partial charge in [-0.1, -0.05) is 90.5 Å². The topological polar surface area (TPSA) is 61.8 Å². The molecule has 210 valence electrons. The van der Waals surface area contributed by atoms with Crippen molar-refractivity contribution in [1.29, 1.82) is 0 Å². The maximum atomic E-state index is 14.4. The third-order valence-electron chi connectivity index (χ3n) is 9.01. The van der Waals surface area contributed by atoms with Crippen LogP contribution >= 0.6 is 22.1 Å². The summed E-state index contributed by atoms with van der Waals surface area (Å²) in [6.07, 6.45) is 11.0. The van der Waals surface area contributed by atoms with Crippen molar-refractivity contribution in [2.45, 2.75) is 67.2 Å². The predicted molar refractivity (Wildman–Crippen MR) is 158 cm³/mol. The number of allylic oxidation sites excluding steroid dienone is 3. The van der Waals surface area contributed by atoms with Crippen LogP contribution in [0.1, 0.15) is 49.7 Å². The Morgan fingerprint density at radius 2 is 1.48 bits per heavy atom. The Balaban J connectivity index is 1.30. The molecule has 2 aromatic rings. The standard InChI is InChI=1S/C32H35ClNO5S/c33-30(40-20-10-3-11-21-40)38-31(36)39-32(24-12-4-1-5-13-24,25-14-6-2-7-15-25)29(35)37-28-22-26-16-17-27(23-28)34(26)18-8-9-19-34/h1-7,10-15,20-21,26-28,30H,8-9,16-19,22-23H2/q+1. The second-order valence-electron chi connectivity index (χ2n) is 11.1. The molecule has 0 amide bonds. The molecular weight excluding hydrogens is 546 g/mol. The smallest absolute Gasteiger partial charge is 0.458 e. The summed E-state index contributed by atoms with van der Waals surface area (Å²) in [5.41, 5.74) is -0.863. The Hall–Kier alpha value is -2.87. The summed E-state index contributed by atoms with van der Waals surface area (Å²) in [5, 5.41) is 3.74. The molecule has 4 aliphatic rings. The molecule has 6 rings (SSSR count). The van der Waals surface area contributed by atoms with E-state index >= 15 is 0 Å². The molecule has 4 heterocycles. The molecule has 0 N–H and O–H groups in total. The van der Waals surface area contributed by atoms with Gasteiger partial charge in [0.25, 0.3) is 5.60 Å². The Bertz CT molecular complexity index is 1270. The Labute approximate surface area is 243 Å². The monoisotopic (exact) mass is 580 g/mol. The Morgan fingerprint density at radius 3 is 2.02 bits per heavy atom. The number of hydrogen-bond donors (Lipinski definition) is 0. The van der Waals surface area contributed by atoms with Crippen LogP contribution in [0.25, 0.3) is 0 Å². The van der Waals surface area contributed by atoms with Gasteiger partial charge in [-0.05, 0) is 10.8 Å². The largest absolute Gasteiger partial charge is 0.512 e. The van der Waals surface area contributed by atoms with Crippen LogP contribution in [-0.2, 0) is 24.6 Å². The van der Waals surface area contributed by atoms with Crippen molar-refractivity contribution < 1.29 is 28.3 Å². The summed E-state index contributed by atoms with van der Waals surface area (Å²) in [4.78, 5) is 26.8.